The quantitative estimate of drug-likeness (QED) is 0.722. The van der Waals surface area contributed by atoms with Gasteiger partial charge in [0.25, 0.3) is 0 Å². The lowest BCUT2D eigenvalue weighted by molar-refractivity contribution is -0.148. The van der Waals surface area contributed by atoms with Crippen LogP contribution in [0.5, 0.6) is 0 Å². The zero-order valence-corrected chi connectivity index (χ0v) is 12.7. The molecule has 118 valence electrons. The first-order valence-electron chi connectivity index (χ1n) is 7.28. The van der Waals surface area contributed by atoms with Gasteiger partial charge in [-0.2, -0.15) is 0 Å². The van der Waals surface area contributed by atoms with Crippen LogP contribution < -0.4 is 10.6 Å². The summed E-state index contributed by atoms with van der Waals surface area (Å²) in [6.07, 6.45) is 0.587. The Morgan fingerprint density at radius 2 is 2.05 bits per heavy atom. The molecule has 3 rings (SSSR count). The monoisotopic (exact) mass is 323 g/mol. The average molecular weight is 324 g/mol. The molecule has 0 radical (unpaired) electrons. The van der Waals surface area contributed by atoms with Gasteiger partial charge in [-0.15, -0.1) is 0 Å². The molecule has 2 heterocycles. The van der Waals surface area contributed by atoms with E-state index in [2.05, 4.69) is 10.6 Å². The minimum atomic E-state index is -0.807. The Morgan fingerprint density at radius 1 is 1.32 bits per heavy atom. The zero-order chi connectivity index (χ0) is 15.7. The van der Waals surface area contributed by atoms with Crippen LogP contribution in [0.2, 0.25) is 5.02 Å². The van der Waals surface area contributed by atoms with Gasteiger partial charge in [-0.1, -0.05) is 23.7 Å². The molecule has 0 saturated carbocycles. The maximum atomic E-state index is 12.1. The minimum Gasteiger partial charge on any atom is -0.394 e. The van der Waals surface area contributed by atoms with Crippen molar-refractivity contribution in [1.29, 1.82) is 0 Å². The van der Waals surface area contributed by atoms with E-state index >= 15 is 0 Å². The minimum absolute atomic E-state index is 0.0628. The first-order valence-corrected chi connectivity index (χ1v) is 7.66. The normalized spacial score (nSPS) is 27.7. The van der Waals surface area contributed by atoms with E-state index in [9.17, 15) is 9.59 Å². The van der Waals surface area contributed by atoms with Crippen molar-refractivity contribution in [3.05, 3.63) is 34.9 Å². The molecule has 22 heavy (non-hydrogen) atoms. The van der Waals surface area contributed by atoms with E-state index in [-0.39, 0.29) is 24.5 Å². The van der Waals surface area contributed by atoms with E-state index in [1.54, 1.807) is 4.90 Å². The van der Waals surface area contributed by atoms with Crippen LogP contribution in [0, 0.1) is 0 Å². The Bertz CT molecular complexity index is 578. The fourth-order valence-electron chi connectivity index (χ4n) is 2.99. The van der Waals surface area contributed by atoms with Gasteiger partial charge in [-0.3, -0.25) is 9.59 Å². The fourth-order valence-corrected chi connectivity index (χ4v) is 3.12. The number of nitrogens with one attached hydrogen (secondary N) is 2. The third-order valence-corrected chi connectivity index (χ3v) is 4.44. The first kappa shape index (κ1) is 15.3. The number of aliphatic hydroxyl groups is 1. The molecule has 1 aromatic rings. The van der Waals surface area contributed by atoms with Crippen molar-refractivity contribution in [3.8, 4) is 0 Å². The summed E-state index contributed by atoms with van der Waals surface area (Å²) in [5.41, 5.74) is 1.10. The number of nitrogens with zero attached hydrogens (tertiary/aromatic N) is 1. The number of carbonyl (C=O) groups excluding carboxylic acids is 2. The van der Waals surface area contributed by atoms with Gasteiger partial charge in [0, 0.05) is 24.2 Å². The third-order valence-electron chi connectivity index (χ3n) is 4.19. The molecule has 0 aromatic heterocycles. The smallest absolute Gasteiger partial charge is 0.248 e. The number of hydrogen-bond acceptors (Lipinski definition) is 4. The Kier molecular flexibility index (Phi) is 4.33. The van der Waals surface area contributed by atoms with Crippen molar-refractivity contribution in [2.75, 3.05) is 13.2 Å². The molecule has 7 heteroatoms. The number of halogens is 1. The van der Waals surface area contributed by atoms with Gasteiger partial charge in [-0.05, 0) is 24.1 Å². The van der Waals surface area contributed by atoms with E-state index in [0.29, 0.717) is 24.5 Å². The van der Waals surface area contributed by atoms with Crippen molar-refractivity contribution in [2.45, 2.75) is 31.1 Å². The lowest BCUT2D eigenvalue weighted by Gasteiger charge is -2.33. The summed E-state index contributed by atoms with van der Waals surface area (Å²) in [6, 6.07) is 6.37. The molecular formula is C15H18ClN3O3. The predicted molar refractivity (Wildman–Crippen MR) is 81.2 cm³/mol. The van der Waals surface area contributed by atoms with Crippen molar-refractivity contribution < 1.29 is 14.7 Å². The number of carbonyl (C=O) groups is 2. The van der Waals surface area contributed by atoms with Crippen LogP contribution in [0.3, 0.4) is 0 Å². The number of amides is 2. The highest BCUT2D eigenvalue weighted by Crippen LogP contribution is 2.23. The summed E-state index contributed by atoms with van der Waals surface area (Å²) in [5.74, 6) is -0.391. The average Bonchev–Trinajstić information content (AvgIpc) is 2.95. The predicted octanol–water partition coefficient (Wildman–Crippen LogP) is -0.110. The second-order valence-electron chi connectivity index (χ2n) is 5.69. The number of aliphatic hydroxyl groups excluding tert-OH is 1. The number of rotatable bonds is 4. The van der Waals surface area contributed by atoms with E-state index < -0.39 is 12.1 Å². The highest BCUT2D eigenvalue weighted by molar-refractivity contribution is 6.30. The van der Waals surface area contributed by atoms with E-state index in [1.165, 1.54) is 0 Å². The van der Waals surface area contributed by atoms with Gasteiger partial charge in [0.1, 0.15) is 12.1 Å². The van der Waals surface area contributed by atoms with Gasteiger partial charge >= 0.3 is 0 Å². The van der Waals surface area contributed by atoms with Crippen LogP contribution in [-0.4, -0.2) is 53.1 Å². The van der Waals surface area contributed by atoms with Gasteiger partial charge in [-0.25, -0.2) is 0 Å². The Labute approximate surface area is 133 Å². The van der Waals surface area contributed by atoms with Crippen LogP contribution in [0.1, 0.15) is 12.0 Å². The molecule has 2 amide bonds. The van der Waals surface area contributed by atoms with Gasteiger partial charge in [0.15, 0.2) is 0 Å². The standard InChI is InChI=1S/C15H18ClN3O3/c16-10-3-1-9(2-4-10)6-17-11-5-13-14(21)18-12(8-20)15(22)19(13)7-11/h1-4,11-13,17,20H,5-8H2,(H,18,21)/t11-,12-,13-/m0/s1. The van der Waals surface area contributed by atoms with Gasteiger partial charge in [0.2, 0.25) is 11.8 Å². The highest BCUT2D eigenvalue weighted by atomic mass is 35.5. The largest absolute Gasteiger partial charge is 0.394 e. The zero-order valence-electron chi connectivity index (χ0n) is 12.0. The molecule has 2 fully saturated rings. The van der Waals surface area contributed by atoms with Crippen LogP contribution in [0.25, 0.3) is 0 Å². The lowest BCUT2D eigenvalue weighted by atomic mass is 10.1. The highest BCUT2D eigenvalue weighted by Gasteiger charge is 2.45. The SMILES string of the molecule is O=C1N[C@@H](CO)C(=O)N2C[C@@H](NCc3ccc(Cl)cc3)C[C@@H]12. The molecule has 2 aliphatic rings. The summed E-state index contributed by atoms with van der Waals surface area (Å²) in [7, 11) is 0. The van der Waals surface area contributed by atoms with Gasteiger partial charge in [0.05, 0.1) is 6.61 Å². The van der Waals surface area contributed by atoms with Crippen molar-refractivity contribution in [3.63, 3.8) is 0 Å². The number of fused-ring (bicyclic) bond motifs is 1. The van der Waals surface area contributed by atoms with Crippen molar-refractivity contribution >= 4 is 23.4 Å². The fraction of sp³-hybridized carbons (Fsp3) is 0.467. The third kappa shape index (κ3) is 2.95. The summed E-state index contributed by atoms with van der Waals surface area (Å²) in [4.78, 5) is 25.7. The van der Waals surface area contributed by atoms with Crippen LogP contribution in [-0.2, 0) is 16.1 Å². The van der Waals surface area contributed by atoms with E-state index in [0.717, 1.165) is 5.56 Å². The molecule has 0 aliphatic carbocycles. The number of hydrogen-bond donors (Lipinski definition) is 3. The molecule has 2 saturated heterocycles. The summed E-state index contributed by atoms with van der Waals surface area (Å²) in [6.45, 7) is 0.777. The molecular weight excluding hydrogens is 306 g/mol. The van der Waals surface area contributed by atoms with Crippen LogP contribution >= 0.6 is 11.6 Å². The lowest BCUT2D eigenvalue weighted by Crippen LogP contribution is -2.62. The molecule has 3 atom stereocenters. The summed E-state index contributed by atoms with van der Waals surface area (Å²) < 4.78 is 0. The number of piperazine rings is 1. The second kappa shape index (κ2) is 6.24. The van der Waals surface area contributed by atoms with E-state index in [1.807, 2.05) is 24.3 Å². The molecule has 0 bridgehead atoms. The molecule has 3 N–H and O–H groups in total. The molecule has 2 aliphatic heterocycles. The molecule has 6 nitrogen and oxygen atoms in total. The first-order chi connectivity index (χ1) is 10.6. The Hall–Kier alpha value is -1.63. The van der Waals surface area contributed by atoms with E-state index in [4.69, 9.17) is 16.7 Å². The molecule has 1 aromatic carbocycles. The maximum absolute atomic E-state index is 12.1. The summed E-state index contributed by atoms with van der Waals surface area (Å²) >= 11 is 5.85. The van der Waals surface area contributed by atoms with Gasteiger partial charge < -0.3 is 20.6 Å². The van der Waals surface area contributed by atoms with Crippen molar-refractivity contribution in [1.82, 2.24) is 15.5 Å². The van der Waals surface area contributed by atoms with Crippen LogP contribution in [0.15, 0.2) is 24.3 Å². The second-order valence-corrected chi connectivity index (χ2v) is 6.13. The Balaban J connectivity index is 1.60. The Morgan fingerprint density at radius 3 is 2.73 bits per heavy atom. The maximum Gasteiger partial charge on any atom is 0.248 e. The summed E-state index contributed by atoms with van der Waals surface area (Å²) in [5, 5.41) is 15.8. The number of benzene rings is 1. The molecule has 0 unspecified atom stereocenters. The van der Waals surface area contributed by atoms with Crippen molar-refractivity contribution in [2.24, 2.45) is 0 Å². The molecule has 0 spiro atoms. The van der Waals surface area contributed by atoms with Crippen LogP contribution in [0.4, 0.5) is 0 Å². The topological polar surface area (TPSA) is 81.7 Å².